The van der Waals surface area contributed by atoms with Crippen molar-refractivity contribution in [2.75, 3.05) is 6.26 Å². The Morgan fingerprint density at radius 1 is 1.36 bits per heavy atom. The summed E-state index contributed by atoms with van der Waals surface area (Å²) in [5.74, 6) is -0.977. The lowest BCUT2D eigenvalue weighted by Crippen LogP contribution is -2.49. The van der Waals surface area contributed by atoms with Crippen LogP contribution >= 0.6 is 0 Å². The van der Waals surface area contributed by atoms with Crippen molar-refractivity contribution in [2.45, 2.75) is 24.6 Å². The summed E-state index contributed by atoms with van der Waals surface area (Å²) in [6.07, 6.45) is 4.24. The van der Waals surface area contributed by atoms with Crippen molar-refractivity contribution in [3.8, 4) is 17.2 Å². The lowest BCUT2D eigenvalue weighted by molar-refractivity contribution is -0.131. The van der Waals surface area contributed by atoms with Crippen molar-refractivity contribution in [3.05, 3.63) is 42.2 Å². The van der Waals surface area contributed by atoms with Crippen LogP contribution in [0.1, 0.15) is 18.9 Å². The smallest absolute Gasteiger partial charge is 0.264 e. The number of aryl methyl sites for hydroxylation is 1. The second-order valence-corrected chi connectivity index (χ2v) is 8.32. The summed E-state index contributed by atoms with van der Waals surface area (Å²) in [6.45, 7) is 1.44. The molecule has 1 aromatic heterocycles. The number of nitrogens with zero attached hydrogens (tertiary/aromatic N) is 3. The highest BCUT2D eigenvalue weighted by molar-refractivity contribution is 7.92. The third kappa shape index (κ3) is 3.87. The van der Waals surface area contributed by atoms with Gasteiger partial charge in [-0.3, -0.25) is 14.7 Å². The Labute approximate surface area is 145 Å². The molecule has 0 saturated heterocycles. The highest BCUT2D eigenvalue weighted by Crippen LogP contribution is 2.23. The molecule has 0 aliphatic rings. The van der Waals surface area contributed by atoms with Crippen LogP contribution in [-0.2, 0) is 21.2 Å². The molecule has 0 aliphatic heterocycles. The summed E-state index contributed by atoms with van der Waals surface area (Å²) in [6, 6.07) is 9.01. The molecule has 0 fully saturated rings. The molecule has 2 aromatic rings. The van der Waals surface area contributed by atoms with Gasteiger partial charge in [0.1, 0.15) is 0 Å². The molecule has 0 bridgehead atoms. The molecule has 0 aliphatic carbocycles. The van der Waals surface area contributed by atoms with Crippen molar-refractivity contribution >= 4 is 15.7 Å². The summed E-state index contributed by atoms with van der Waals surface area (Å²) < 4.78 is 23.6. The molecule has 0 spiro atoms. The molecular weight excluding hydrogens is 344 g/mol. The van der Waals surface area contributed by atoms with Crippen LogP contribution in [0.4, 0.5) is 0 Å². The number of hydroxylamine groups is 1. The van der Waals surface area contributed by atoms with E-state index in [0.717, 1.165) is 17.4 Å². The van der Waals surface area contributed by atoms with Gasteiger partial charge in [0, 0.05) is 24.6 Å². The number of nitriles is 1. The van der Waals surface area contributed by atoms with E-state index < -0.39 is 20.5 Å². The van der Waals surface area contributed by atoms with Gasteiger partial charge in [-0.1, -0.05) is 12.1 Å². The molecule has 1 amide bonds. The number of hydrogen-bond acceptors (Lipinski definition) is 6. The van der Waals surface area contributed by atoms with Gasteiger partial charge in [-0.15, -0.1) is 0 Å². The molecule has 2 N–H and O–H groups in total. The average Bonchev–Trinajstić information content (AvgIpc) is 3.07. The van der Waals surface area contributed by atoms with Crippen LogP contribution in [0.15, 0.2) is 36.7 Å². The maximum absolute atomic E-state index is 11.9. The fourth-order valence-corrected chi connectivity index (χ4v) is 3.13. The second kappa shape index (κ2) is 7.04. The number of carbonyl (C=O) groups is 1. The molecule has 8 nitrogen and oxygen atoms in total. The molecule has 2 rings (SSSR count). The van der Waals surface area contributed by atoms with E-state index in [-0.39, 0.29) is 13.0 Å². The van der Waals surface area contributed by atoms with Gasteiger partial charge in [0.25, 0.3) is 5.91 Å². The Balaban J connectivity index is 2.17. The third-order valence-electron chi connectivity index (χ3n) is 4.20. The minimum absolute atomic E-state index is 0.0489. The first-order chi connectivity index (χ1) is 11.7. The van der Waals surface area contributed by atoms with Crippen LogP contribution in [0, 0.1) is 11.3 Å². The number of nitrogens with one attached hydrogen (secondary N) is 1. The topological polar surface area (TPSA) is 125 Å². The van der Waals surface area contributed by atoms with E-state index >= 15 is 0 Å². The number of aromatic nitrogens is 2. The Kier molecular flexibility index (Phi) is 5.25. The molecule has 0 radical (unpaired) electrons. The van der Waals surface area contributed by atoms with Crippen molar-refractivity contribution in [1.82, 2.24) is 15.3 Å². The lowest BCUT2D eigenvalue weighted by atomic mass is 10.1. The maximum Gasteiger partial charge on any atom is 0.264 e. The quantitative estimate of drug-likeness (QED) is 0.586. The normalized spacial score (nSPS) is 13.7. The molecule has 1 aromatic carbocycles. The van der Waals surface area contributed by atoms with E-state index in [2.05, 4.69) is 5.10 Å². The molecule has 25 heavy (non-hydrogen) atoms. The summed E-state index contributed by atoms with van der Waals surface area (Å²) in [4.78, 5) is 11.8. The van der Waals surface area contributed by atoms with E-state index in [1.54, 1.807) is 36.7 Å². The number of rotatable bonds is 6. The van der Waals surface area contributed by atoms with Gasteiger partial charge in [-0.2, -0.15) is 10.4 Å². The van der Waals surface area contributed by atoms with Crippen LogP contribution in [0.3, 0.4) is 0 Å². The third-order valence-corrected chi connectivity index (χ3v) is 6.23. The summed E-state index contributed by atoms with van der Waals surface area (Å²) in [7, 11) is -3.74. The van der Waals surface area contributed by atoms with Gasteiger partial charge < -0.3 is 0 Å². The lowest BCUT2D eigenvalue weighted by Gasteiger charge is -2.24. The first-order valence-electron chi connectivity index (χ1n) is 7.38. The van der Waals surface area contributed by atoms with Crippen LogP contribution in [0.2, 0.25) is 0 Å². The highest BCUT2D eigenvalue weighted by Gasteiger charge is 2.43. The van der Waals surface area contributed by atoms with Crippen LogP contribution in [0.25, 0.3) is 11.1 Å². The van der Waals surface area contributed by atoms with Crippen LogP contribution in [0.5, 0.6) is 0 Å². The minimum atomic E-state index is -3.74. The Hall–Kier alpha value is -2.70. The van der Waals surface area contributed by atoms with Crippen LogP contribution < -0.4 is 5.48 Å². The maximum atomic E-state index is 11.9. The first kappa shape index (κ1) is 18.6. The van der Waals surface area contributed by atoms with E-state index in [9.17, 15) is 13.2 Å². The van der Waals surface area contributed by atoms with Gasteiger partial charge >= 0.3 is 0 Å². The molecule has 1 unspecified atom stereocenters. The first-order valence-corrected chi connectivity index (χ1v) is 9.27. The number of carbonyl (C=O) groups excluding carboxylic acids is 1. The van der Waals surface area contributed by atoms with Gasteiger partial charge in [-0.25, -0.2) is 13.9 Å². The fraction of sp³-hybridized carbons (Fsp3) is 0.312. The highest BCUT2D eigenvalue weighted by atomic mass is 32.2. The van der Waals surface area contributed by atoms with E-state index in [1.807, 2.05) is 6.07 Å². The molecule has 1 heterocycles. The zero-order valence-corrected chi connectivity index (χ0v) is 14.6. The van der Waals surface area contributed by atoms with Crippen molar-refractivity contribution in [2.24, 2.45) is 0 Å². The monoisotopic (exact) mass is 362 g/mol. The van der Waals surface area contributed by atoms with Gasteiger partial charge in [0.05, 0.1) is 17.8 Å². The van der Waals surface area contributed by atoms with Crippen molar-refractivity contribution < 1.29 is 18.4 Å². The standard InChI is InChI=1S/C16H18N4O4S/c1-16(15(21)19-22,25(2,23)24)7-8-20-11-14(10-18-20)13-5-3-12(9-17)4-6-13/h3-6,10-11,22H,7-8H2,1-2H3,(H,19,21). The molecule has 1 atom stereocenters. The Morgan fingerprint density at radius 2 is 2.00 bits per heavy atom. The fourth-order valence-electron chi connectivity index (χ4n) is 2.29. The predicted molar refractivity (Wildman–Crippen MR) is 90.2 cm³/mol. The summed E-state index contributed by atoms with van der Waals surface area (Å²) in [5.41, 5.74) is 3.64. The number of hydrogen-bond donors (Lipinski definition) is 2. The zero-order chi connectivity index (χ0) is 18.7. The Morgan fingerprint density at radius 3 is 2.52 bits per heavy atom. The molecular formula is C16H18N4O4S. The molecule has 0 saturated carbocycles. The number of benzene rings is 1. The van der Waals surface area contributed by atoms with E-state index in [0.29, 0.717) is 5.56 Å². The SMILES string of the molecule is CC(CCn1cc(-c2ccc(C#N)cc2)cn1)(C(=O)NO)S(C)(=O)=O. The largest absolute Gasteiger partial charge is 0.289 e. The zero-order valence-electron chi connectivity index (χ0n) is 13.8. The van der Waals surface area contributed by atoms with Gasteiger partial charge in [0.15, 0.2) is 14.6 Å². The van der Waals surface area contributed by atoms with Gasteiger partial charge in [0.2, 0.25) is 0 Å². The van der Waals surface area contributed by atoms with E-state index in [1.165, 1.54) is 17.1 Å². The number of amides is 1. The minimum Gasteiger partial charge on any atom is -0.289 e. The summed E-state index contributed by atoms with van der Waals surface area (Å²) >= 11 is 0. The predicted octanol–water partition coefficient (Wildman–Crippen LogP) is 1.12. The van der Waals surface area contributed by atoms with E-state index in [4.69, 9.17) is 10.5 Å². The van der Waals surface area contributed by atoms with Crippen molar-refractivity contribution in [3.63, 3.8) is 0 Å². The Bertz CT molecular complexity index is 912. The van der Waals surface area contributed by atoms with Crippen molar-refractivity contribution in [1.29, 1.82) is 5.26 Å². The van der Waals surface area contributed by atoms with Gasteiger partial charge in [-0.05, 0) is 31.0 Å². The molecule has 132 valence electrons. The second-order valence-electron chi connectivity index (χ2n) is 5.88. The average molecular weight is 362 g/mol. The number of sulfone groups is 1. The summed E-state index contributed by atoms with van der Waals surface area (Å²) in [5, 5.41) is 21.8. The van der Waals surface area contributed by atoms with Crippen LogP contribution in [-0.4, -0.2) is 40.3 Å². The molecule has 9 heteroatoms.